The molecule has 0 amide bonds. The SMILES string of the molecule is O=C(C(c1ccc(Cl)cn1)n1cncn1)C(c1ccc(Cl)cn1)n1cncn1. The van der Waals surface area contributed by atoms with E-state index < -0.39 is 12.1 Å². The minimum absolute atomic E-state index is 0.277. The molecule has 0 N–H and O–H groups in total. The molecule has 0 aliphatic heterocycles. The highest BCUT2D eigenvalue weighted by molar-refractivity contribution is 6.30. The lowest BCUT2D eigenvalue weighted by Crippen LogP contribution is -2.32. The van der Waals surface area contributed by atoms with E-state index in [0.29, 0.717) is 21.4 Å². The fourth-order valence-electron chi connectivity index (χ4n) is 2.77. The molecule has 0 radical (unpaired) electrons. The second-order valence-corrected chi connectivity index (χ2v) is 6.63. The minimum atomic E-state index is -0.869. The molecule has 0 fully saturated rings. The van der Waals surface area contributed by atoms with Crippen LogP contribution in [-0.2, 0) is 4.79 Å². The molecule has 0 aromatic carbocycles. The fraction of sp³-hybridized carbons (Fsp3) is 0.118. The van der Waals surface area contributed by atoms with Gasteiger partial charge in [0.05, 0.1) is 21.4 Å². The first-order valence-electron chi connectivity index (χ1n) is 8.08. The van der Waals surface area contributed by atoms with Crippen molar-refractivity contribution in [3.63, 3.8) is 0 Å². The molecule has 140 valence electrons. The first-order valence-corrected chi connectivity index (χ1v) is 8.84. The average Bonchev–Trinajstić information content (AvgIpc) is 3.40. The Kier molecular flexibility index (Phi) is 5.09. The monoisotopic (exact) mass is 414 g/mol. The minimum Gasteiger partial charge on any atom is -0.294 e. The van der Waals surface area contributed by atoms with Crippen molar-refractivity contribution in [3.05, 3.63) is 83.4 Å². The van der Waals surface area contributed by atoms with Crippen LogP contribution in [0.4, 0.5) is 0 Å². The molecule has 0 bridgehead atoms. The van der Waals surface area contributed by atoms with Crippen molar-refractivity contribution in [2.45, 2.75) is 12.1 Å². The van der Waals surface area contributed by atoms with Gasteiger partial charge in [-0.2, -0.15) is 10.2 Å². The molecule has 11 heteroatoms. The van der Waals surface area contributed by atoms with Crippen LogP contribution in [0.2, 0.25) is 10.0 Å². The lowest BCUT2D eigenvalue weighted by Gasteiger charge is -2.22. The van der Waals surface area contributed by atoms with Gasteiger partial charge in [0.25, 0.3) is 0 Å². The van der Waals surface area contributed by atoms with Gasteiger partial charge in [-0.1, -0.05) is 23.2 Å². The summed E-state index contributed by atoms with van der Waals surface area (Å²) in [6.45, 7) is 0. The zero-order valence-electron chi connectivity index (χ0n) is 14.2. The maximum Gasteiger partial charge on any atom is 0.194 e. The number of nitrogens with zero attached hydrogens (tertiary/aromatic N) is 8. The van der Waals surface area contributed by atoms with E-state index in [1.165, 1.54) is 47.1 Å². The summed E-state index contributed by atoms with van der Waals surface area (Å²) < 4.78 is 2.86. The fourth-order valence-corrected chi connectivity index (χ4v) is 3.00. The Balaban J connectivity index is 1.82. The molecular formula is C17H12Cl2N8O. The molecule has 4 aromatic rings. The largest absolute Gasteiger partial charge is 0.294 e. The van der Waals surface area contributed by atoms with Crippen LogP contribution in [0.5, 0.6) is 0 Å². The summed E-state index contributed by atoms with van der Waals surface area (Å²) in [5.74, 6) is -0.277. The molecule has 2 unspecified atom stereocenters. The molecule has 0 saturated heterocycles. The van der Waals surface area contributed by atoms with Crippen LogP contribution in [0, 0.1) is 0 Å². The van der Waals surface area contributed by atoms with Crippen molar-refractivity contribution >= 4 is 29.0 Å². The predicted octanol–water partition coefficient (Wildman–Crippen LogP) is 2.41. The highest BCUT2D eigenvalue weighted by Crippen LogP contribution is 2.27. The third-order valence-corrected chi connectivity index (χ3v) is 4.45. The summed E-state index contributed by atoms with van der Waals surface area (Å²) in [6.07, 6.45) is 8.54. The third kappa shape index (κ3) is 3.62. The Labute approximate surface area is 169 Å². The van der Waals surface area contributed by atoms with E-state index in [0.717, 1.165) is 0 Å². The standard InChI is InChI=1S/C17H12Cl2N8O/c18-11-1-3-13(22-5-11)15(26-9-20-7-24-26)17(28)16(27-10-21-8-25-27)14-4-2-12(19)6-23-14/h1-10,15-16H. The summed E-state index contributed by atoms with van der Waals surface area (Å²) in [7, 11) is 0. The van der Waals surface area contributed by atoms with Crippen molar-refractivity contribution < 1.29 is 4.79 Å². The van der Waals surface area contributed by atoms with Gasteiger partial charge >= 0.3 is 0 Å². The van der Waals surface area contributed by atoms with Gasteiger partial charge in [0.2, 0.25) is 0 Å². The first kappa shape index (κ1) is 18.2. The number of carbonyl (C=O) groups excluding carboxylic acids is 1. The number of hydrogen-bond acceptors (Lipinski definition) is 7. The molecule has 4 rings (SSSR count). The van der Waals surface area contributed by atoms with E-state index in [9.17, 15) is 4.79 Å². The summed E-state index contributed by atoms with van der Waals surface area (Å²) in [5, 5.41) is 9.18. The normalized spacial score (nSPS) is 13.2. The Morgan fingerprint density at radius 2 is 1.25 bits per heavy atom. The molecule has 2 atom stereocenters. The number of Topliss-reactive ketones (excluding diaryl/α,β-unsaturated/α-hetero) is 1. The Morgan fingerprint density at radius 1 is 0.786 bits per heavy atom. The van der Waals surface area contributed by atoms with Gasteiger partial charge in [0.15, 0.2) is 17.9 Å². The first-order chi connectivity index (χ1) is 13.6. The second-order valence-electron chi connectivity index (χ2n) is 5.76. The Morgan fingerprint density at radius 3 is 1.57 bits per heavy atom. The number of aromatic nitrogens is 8. The van der Waals surface area contributed by atoms with E-state index in [1.54, 1.807) is 24.3 Å². The summed E-state index contributed by atoms with van der Waals surface area (Å²) >= 11 is 11.9. The van der Waals surface area contributed by atoms with Crippen LogP contribution < -0.4 is 0 Å². The maximum absolute atomic E-state index is 13.7. The van der Waals surface area contributed by atoms with Crippen molar-refractivity contribution in [3.8, 4) is 0 Å². The van der Waals surface area contributed by atoms with Gasteiger partial charge < -0.3 is 0 Å². The summed E-state index contributed by atoms with van der Waals surface area (Å²) in [5.41, 5.74) is 0.915. The van der Waals surface area contributed by atoms with E-state index in [2.05, 4.69) is 30.1 Å². The van der Waals surface area contributed by atoms with Gasteiger partial charge in [-0.15, -0.1) is 0 Å². The lowest BCUT2D eigenvalue weighted by molar-refractivity contribution is -0.124. The Bertz CT molecular complexity index is 964. The highest BCUT2D eigenvalue weighted by Gasteiger charge is 2.35. The van der Waals surface area contributed by atoms with E-state index in [-0.39, 0.29) is 5.78 Å². The van der Waals surface area contributed by atoms with E-state index in [4.69, 9.17) is 23.2 Å². The topological polar surface area (TPSA) is 104 Å². The van der Waals surface area contributed by atoms with Crippen molar-refractivity contribution in [2.24, 2.45) is 0 Å². The molecule has 4 heterocycles. The molecule has 0 saturated carbocycles. The van der Waals surface area contributed by atoms with Gasteiger partial charge in [-0.3, -0.25) is 14.8 Å². The third-order valence-electron chi connectivity index (χ3n) is 4.00. The molecule has 0 aliphatic carbocycles. The lowest BCUT2D eigenvalue weighted by atomic mass is 9.99. The number of rotatable bonds is 6. The smallest absolute Gasteiger partial charge is 0.194 e. The van der Waals surface area contributed by atoms with Crippen LogP contribution in [0.25, 0.3) is 0 Å². The average molecular weight is 415 g/mol. The molecule has 28 heavy (non-hydrogen) atoms. The van der Waals surface area contributed by atoms with E-state index in [1.807, 2.05) is 0 Å². The van der Waals surface area contributed by atoms with Crippen molar-refractivity contribution in [1.82, 2.24) is 39.5 Å². The number of ketones is 1. The van der Waals surface area contributed by atoms with Crippen molar-refractivity contribution in [1.29, 1.82) is 0 Å². The van der Waals surface area contributed by atoms with Crippen LogP contribution in [-0.4, -0.2) is 45.3 Å². The quantitative estimate of drug-likeness (QED) is 0.476. The maximum atomic E-state index is 13.7. The number of pyridine rings is 2. The van der Waals surface area contributed by atoms with Crippen molar-refractivity contribution in [2.75, 3.05) is 0 Å². The van der Waals surface area contributed by atoms with Gasteiger partial charge in [-0.25, -0.2) is 19.3 Å². The number of halogens is 2. The van der Waals surface area contributed by atoms with Gasteiger partial charge in [0.1, 0.15) is 25.3 Å². The number of hydrogen-bond donors (Lipinski definition) is 0. The highest BCUT2D eigenvalue weighted by atomic mass is 35.5. The second kappa shape index (κ2) is 7.83. The molecule has 9 nitrogen and oxygen atoms in total. The van der Waals surface area contributed by atoms with Gasteiger partial charge in [-0.05, 0) is 24.3 Å². The Hall–Kier alpha value is -3.17. The van der Waals surface area contributed by atoms with E-state index >= 15 is 0 Å². The van der Waals surface area contributed by atoms with Crippen LogP contribution >= 0.6 is 23.2 Å². The molecule has 0 spiro atoms. The molecular weight excluding hydrogens is 403 g/mol. The predicted molar refractivity (Wildman–Crippen MR) is 99.8 cm³/mol. The van der Waals surface area contributed by atoms with Crippen LogP contribution in [0.15, 0.2) is 62.0 Å². The molecule has 4 aromatic heterocycles. The zero-order chi connectivity index (χ0) is 19.5. The molecule has 0 aliphatic rings. The number of carbonyl (C=O) groups is 1. The summed E-state index contributed by atoms with van der Waals surface area (Å²) in [6, 6.07) is 4.91. The zero-order valence-corrected chi connectivity index (χ0v) is 15.7. The van der Waals surface area contributed by atoms with Gasteiger partial charge in [0, 0.05) is 12.4 Å². The summed E-state index contributed by atoms with van der Waals surface area (Å²) in [4.78, 5) is 30.2. The van der Waals surface area contributed by atoms with Crippen LogP contribution in [0.1, 0.15) is 23.5 Å². The van der Waals surface area contributed by atoms with Crippen LogP contribution in [0.3, 0.4) is 0 Å².